The molecule has 7 heteroatoms. The summed E-state index contributed by atoms with van der Waals surface area (Å²) >= 11 is 0. The van der Waals surface area contributed by atoms with Crippen molar-refractivity contribution in [3.63, 3.8) is 0 Å². The second-order valence-corrected chi connectivity index (χ2v) is 4.38. The van der Waals surface area contributed by atoms with E-state index in [4.69, 9.17) is 4.42 Å². The summed E-state index contributed by atoms with van der Waals surface area (Å²) in [5.74, 6) is 1.05. The topological polar surface area (TPSA) is 83.0 Å². The summed E-state index contributed by atoms with van der Waals surface area (Å²) in [6.07, 6.45) is 1.58. The molecule has 1 amide bonds. The van der Waals surface area contributed by atoms with Gasteiger partial charge in [-0.15, -0.1) is 12.4 Å². The predicted octanol–water partition coefficient (Wildman–Crippen LogP) is 1.04. The van der Waals surface area contributed by atoms with Crippen molar-refractivity contribution in [2.75, 3.05) is 19.6 Å². The average Bonchev–Trinajstić information content (AvgIpc) is 2.97. The summed E-state index contributed by atoms with van der Waals surface area (Å²) in [6, 6.07) is 5.29. The molecule has 0 unspecified atom stereocenters. The zero-order valence-electron chi connectivity index (χ0n) is 10.2. The Labute approximate surface area is 116 Å². The van der Waals surface area contributed by atoms with E-state index in [9.17, 15) is 4.79 Å². The van der Waals surface area contributed by atoms with Crippen LogP contribution in [0.4, 0.5) is 0 Å². The van der Waals surface area contributed by atoms with E-state index < -0.39 is 0 Å². The number of carbonyl (C=O) groups is 1. The van der Waals surface area contributed by atoms with Gasteiger partial charge in [-0.05, 0) is 12.1 Å². The first kappa shape index (κ1) is 13.6. The number of hydrogen-bond acceptors (Lipinski definition) is 4. The van der Waals surface area contributed by atoms with Crippen LogP contribution in [-0.4, -0.2) is 35.7 Å². The third kappa shape index (κ3) is 2.97. The Morgan fingerprint density at radius 3 is 3.00 bits per heavy atom. The molecule has 0 aromatic carbocycles. The van der Waals surface area contributed by atoms with E-state index >= 15 is 0 Å². The number of nitrogens with zero attached hydrogens (tertiary/aromatic N) is 1. The number of aromatic amines is 1. The van der Waals surface area contributed by atoms with E-state index in [2.05, 4.69) is 20.8 Å². The van der Waals surface area contributed by atoms with Crippen molar-refractivity contribution >= 4 is 18.3 Å². The normalized spacial score (nSPS) is 14.5. The zero-order chi connectivity index (χ0) is 12.4. The van der Waals surface area contributed by atoms with Gasteiger partial charge in [-0.2, -0.15) is 5.10 Å². The molecule has 3 heterocycles. The van der Waals surface area contributed by atoms with E-state index in [-0.39, 0.29) is 18.3 Å². The van der Waals surface area contributed by atoms with Crippen LogP contribution in [0.5, 0.6) is 0 Å². The summed E-state index contributed by atoms with van der Waals surface area (Å²) in [5.41, 5.74) is 1.09. The molecule has 19 heavy (non-hydrogen) atoms. The number of aromatic nitrogens is 2. The maximum atomic E-state index is 11.8. The van der Waals surface area contributed by atoms with Crippen molar-refractivity contribution in [2.24, 2.45) is 5.92 Å². The minimum Gasteiger partial charge on any atom is -0.463 e. The molecule has 0 bridgehead atoms. The molecule has 1 saturated heterocycles. The van der Waals surface area contributed by atoms with Gasteiger partial charge in [-0.1, -0.05) is 0 Å². The maximum Gasteiger partial charge on any atom is 0.271 e. The van der Waals surface area contributed by atoms with Gasteiger partial charge < -0.3 is 15.1 Å². The Kier molecular flexibility index (Phi) is 4.24. The minimum atomic E-state index is -0.157. The van der Waals surface area contributed by atoms with Gasteiger partial charge >= 0.3 is 0 Å². The second-order valence-electron chi connectivity index (χ2n) is 4.38. The van der Waals surface area contributed by atoms with Crippen LogP contribution >= 0.6 is 12.4 Å². The van der Waals surface area contributed by atoms with E-state index in [1.165, 1.54) is 0 Å². The molecule has 0 aliphatic carbocycles. The van der Waals surface area contributed by atoms with Crippen molar-refractivity contribution in [2.45, 2.75) is 0 Å². The van der Waals surface area contributed by atoms with Gasteiger partial charge in [-0.25, -0.2) is 0 Å². The molecule has 1 aliphatic rings. The van der Waals surface area contributed by atoms with Gasteiger partial charge in [0, 0.05) is 31.6 Å². The molecule has 102 valence electrons. The van der Waals surface area contributed by atoms with Crippen LogP contribution in [0.15, 0.2) is 28.9 Å². The number of furan rings is 1. The second kappa shape index (κ2) is 5.90. The number of rotatable bonds is 4. The molecule has 6 nitrogen and oxygen atoms in total. The summed E-state index contributed by atoms with van der Waals surface area (Å²) in [6.45, 7) is 2.63. The van der Waals surface area contributed by atoms with E-state index in [1.807, 2.05) is 6.07 Å². The molecule has 0 saturated carbocycles. The highest BCUT2D eigenvalue weighted by Gasteiger charge is 2.18. The summed E-state index contributed by atoms with van der Waals surface area (Å²) in [5, 5.41) is 12.8. The zero-order valence-corrected chi connectivity index (χ0v) is 11.0. The SMILES string of the molecule is Cl.O=C(NCC1CNC1)c1cc(-c2ccco2)[nH]n1. The first-order chi connectivity index (χ1) is 8.83. The fourth-order valence-corrected chi connectivity index (χ4v) is 1.82. The van der Waals surface area contributed by atoms with Crippen LogP contribution in [0.1, 0.15) is 10.5 Å². The Balaban J connectivity index is 0.00000133. The van der Waals surface area contributed by atoms with Crippen LogP contribution in [-0.2, 0) is 0 Å². The minimum absolute atomic E-state index is 0. The molecule has 3 N–H and O–H groups in total. The van der Waals surface area contributed by atoms with Crippen molar-refractivity contribution in [3.05, 3.63) is 30.2 Å². The quantitative estimate of drug-likeness (QED) is 0.782. The molecule has 2 aromatic heterocycles. The van der Waals surface area contributed by atoms with Crippen molar-refractivity contribution < 1.29 is 9.21 Å². The van der Waals surface area contributed by atoms with Gasteiger partial charge in [0.2, 0.25) is 0 Å². The Morgan fingerprint density at radius 2 is 2.37 bits per heavy atom. The van der Waals surface area contributed by atoms with E-state index in [1.54, 1.807) is 18.4 Å². The smallest absolute Gasteiger partial charge is 0.271 e. The molecule has 2 aromatic rings. The molecule has 0 radical (unpaired) electrons. The van der Waals surface area contributed by atoms with Gasteiger partial charge in [0.1, 0.15) is 5.69 Å². The van der Waals surface area contributed by atoms with Crippen LogP contribution in [0.25, 0.3) is 11.5 Å². The van der Waals surface area contributed by atoms with Crippen molar-refractivity contribution in [3.8, 4) is 11.5 Å². The molecule has 0 spiro atoms. The Morgan fingerprint density at radius 1 is 1.53 bits per heavy atom. The largest absolute Gasteiger partial charge is 0.463 e. The lowest BCUT2D eigenvalue weighted by Gasteiger charge is -2.26. The van der Waals surface area contributed by atoms with Crippen molar-refractivity contribution in [1.29, 1.82) is 0 Å². The molecule has 0 atom stereocenters. The highest BCUT2D eigenvalue weighted by atomic mass is 35.5. The number of nitrogens with one attached hydrogen (secondary N) is 3. The average molecular weight is 283 g/mol. The highest BCUT2D eigenvalue weighted by molar-refractivity contribution is 5.93. The number of halogens is 1. The number of H-pyrrole nitrogens is 1. The Bertz CT molecular complexity index is 534. The van der Waals surface area contributed by atoms with Crippen molar-refractivity contribution in [1.82, 2.24) is 20.8 Å². The molecular weight excluding hydrogens is 268 g/mol. The number of carbonyl (C=O) groups excluding carboxylic acids is 1. The first-order valence-corrected chi connectivity index (χ1v) is 5.91. The molecule has 1 fully saturated rings. The Hall–Kier alpha value is -1.79. The number of amides is 1. The standard InChI is InChI=1S/C12H14N4O2.ClH/c17-12(14-7-8-5-13-6-8)10-4-9(15-16-10)11-2-1-3-18-11;/h1-4,8,13H,5-7H2,(H,14,17)(H,15,16);1H. The van der Waals surface area contributed by atoms with E-state index in [0.29, 0.717) is 29.6 Å². The van der Waals surface area contributed by atoms with Crippen LogP contribution in [0, 0.1) is 5.92 Å². The molecule has 3 rings (SSSR count). The maximum absolute atomic E-state index is 11.8. The highest BCUT2D eigenvalue weighted by Crippen LogP contribution is 2.17. The molecular formula is C12H15ClN4O2. The van der Waals surface area contributed by atoms with Gasteiger partial charge in [0.25, 0.3) is 5.91 Å². The predicted molar refractivity (Wildman–Crippen MR) is 72.2 cm³/mol. The fraction of sp³-hybridized carbons (Fsp3) is 0.333. The fourth-order valence-electron chi connectivity index (χ4n) is 1.82. The lowest BCUT2D eigenvalue weighted by atomic mass is 10.0. The van der Waals surface area contributed by atoms with Crippen LogP contribution in [0.2, 0.25) is 0 Å². The first-order valence-electron chi connectivity index (χ1n) is 5.91. The van der Waals surface area contributed by atoms with Crippen LogP contribution in [0.3, 0.4) is 0 Å². The lowest BCUT2D eigenvalue weighted by Crippen LogP contribution is -2.48. The summed E-state index contributed by atoms with van der Waals surface area (Å²) in [7, 11) is 0. The summed E-state index contributed by atoms with van der Waals surface area (Å²) < 4.78 is 5.23. The van der Waals surface area contributed by atoms with Gasteiger partial charge in [0.15, 0.2) is 11.5 Å². The number of hydrogen-bond donors (Lipinski definition) is 3. The van der Waals surface area contributed by atoms with Gasteiger partial charge in [-0.3, -0.25) is 9.89 Å². The third-order valence-corrected chi connectivity index (χ3v) is 3.01. The van der Waals surface area contributed by atoms with E-state index in [0.717, 1.165) is 13.1 Å². The summed E-state index contributed by atoms with van der Waals surface area (Å²) in [4.78, 5) is 11.8. The van der Waals surface area contributed by atoms with Gasteiger partial charge in [0.05, 0.1) is 6.26 Å². The van der Waals surface area contributed by atoms with Crippen LogP contribution < -0.4 is 10.6 Å². The third-order valence-electron chi connectivity index (χ3n) is 3.01. The monoisotopic (exact) mass is 282 g/mol. The molecule has 1 aliphatic heterocycles. The lowest BCUT2D eigenvalue weighted by molar-refractivity contribution is 0.0937.